The van der Waals surface area contributed by atoms with Crippen molar-refractivity contribution in [3.63, 3.8) is 0 Å². The first-order valence-electron chi connectivity index (χ1n) is 9.69. The Labute approximate surface area is 156 Å². The quantitative estimate of drug-likeness (QED) is 0.686. The van der Waals surface area contributed by atoms with E-state index in [-0.39, 0.29) is 18.5 Å². The molecular formula is C21H31NO4. The molecule has 2 rings (SSSR count). The second-order valence-corrected chi connectivity index (χ2v) is 7.47. The van der Waals surface area contributed by atoms with Gasteiger partial charge in [0.05, 0.1) is 0 Å². The van der Waals surface area contributed by atoms with Crippen LogP contribution < -0.4 is 5.32 Å². The number of carbonyl (C=O) groups is 2. The van der Waals surface area contributed by atoms with Crippen LogP contribution in [0.5, 0.6) is 0 Å². The Morgan fingerprint density at radius 2 is 1.81 bits per heavy atom. The maximum atomic E-state index is 12.0. The monoisotopic (exact) mass is 361 g/mol. The van der Waals surface area contributed by atoms with Gasteiger partial charge in [0.1, 0.15) is 6.61 Å². The molecule has 1 aliphatic rings. The van der Waals surface area contributed by atoms with E-state index in [0.717, 1.165) is 5.56 Å². The number of nitrogens with one attached hydrogen (secondary N) is 1. The molecule has 0 heterocycles. The number of hydrogen-bond acceptors (Lipinski definition) is 4. The number of amides is 1. The average molecular weight is 361 g/mol. The summed E-state index contributed by atoms with van der Waals surface area (Å²) in [5.41, 5.74) is 0.824. The van der Waals surface area contributed by atoms with Gasteiger partial charge < -0.3 is 14.8 Å². The largest absolute Gasteiger partial charge is 0.454 e. The van der Waals surface area contributed by atoms with Crippen molar-refractivity contribution in [2.45, 2.75) is 58.5 Å². The van der Waals surface area contributed by atoms with Crippen molar-refractivity contribution in [1.29, 1.82) is 0 Å². The number of alkyl carbamates (subject to hydrolysis) is 1. The van der Waals surface area contributed by atoms with Crippen LogP contribution in [0.25, 0.3) is 0 Å². The molecule has 5 heteroatoms. The molecule has 0 radical (unpaired) electrons. The van der Waals surface area contributed by atoms with Crippen LogP contribution >= 0.6 is 0 Å². The molecule has 1 unspecified atom stereocenters. The third-order valence-electron chi connectivity index (χ3n) is 4.65. The third kappa shape index (κ3) is 7.46. The number of benzene rings is 1. The molecule has 1 atom stereocenters. The van der Waals surface area contributed by atoms with Crippen molar-refractivity contribution < 1.29 is 19.1 Å². The summed E-state index contributed by atoms with van der Waals surface area (Å²) >= 11 is 0. The van der Waals surface area contributed by atoms with Crippen LogP contribution in [-0.2, 0) is 14.3 Å². The van der Waals surface area contributed by atoms with Gasteiger partial charge in [0.2, 0.25) is 0 Å². The SMILES string of the molecule is CC(C)CC(=O)OC(COC(=O)NCC1CCCCC1)c1ccccc1. The van der Waals surface area contributed by atoms with Gasteiger partial charge in [-0.15, -0.1) is 0 Å². The van der Waals surface area contributed by atoms with Gasteiger partial charge in [0, 0.05) is 13.0 Å². The molecule has 1 aromatic carbocycles. The van der Waals surface area contributed by atoms with E-state index in [1.54, 1.807) is 0 Å². The summed E-state index contributed by atoms with van der Waals surface area (Å²) in [5.74, 6) is 0.490. The molecule has 26 heavy (non-hydrogen) atoms. The first kappa shape index (κ1) is 20.3. The smallest absolute Gasteiger partial charge is 0.407 e. The van der Waals surface area contributed by atoms with Crippen LogP contribution in [0.3, 0.4) is 0 Å². The zero-order valence-electron chi connectivity index (χ0n) is 15.9. The van der Waals surface area contributed by atoms with Crippen LogP contribution in [0, 0.1) is 11.8 Å². The molecule has 144 valence electrons. The highest BCUT2D eigenvalue weighted by Gasteiger charge is 2.20. The number of esters is 1. The summed E-state index contributed by atoms with van der Waals surface area (Å²) in [5, 5.41) is 2.84. The topological polar surface area (TPSA) is 64.6 Å². The lowest BCUT2D eigenvalue weighted by molar-refractivity contribution is -0.152. The fourth-order valence-electron chi connectivity index (χ4n) is 3.23. The second-order valence-electron chi connectivity index (χ2n) is 7.47. The molecule has 1 saturated carbocycles. The van der Waals surface area contributed by atoms with Gasteiger partial charge in [0.15, 0.2) is 6.10 Å². The minimum atomic E-state index is -0.581. The molecule has 0 aromatic heterocycles. The number of hydrogen-bond donors (Lipinski definition) is 1. The molecule has 0 saturated heterocycles. The van der Waals surface area contributed by atoms with Crippen molar-refractivity contribution >= 4 is 12.1 Å². The maximum Gasteiger partial charge on any atom is 0.407 e. The molecule has 1 aromatic rings. The van der Waals surface area contributed by atoms with Crippen molar-refractivity contribution in [2.75, 3.05) is 13.2 Å². The van der Waals surface area contributed by atoms with Gasteiger partial charge >= 0.3 is 12.1 Å². The highest BCUT2D eigenvalue weighted by molar-refractivity contribution is 5.70. The highest BCUT2D eigenvalue weighted by Crippen LogP contribution is 2.23. The zero-order valence-corrected chi connectivity index (χ0v) is 15.9. The van der Waals surface area contributed by atoms with Gasteiger partial charge in [-0.2, -0.15) is 0 Å². The average Bonchev–Trinajstić information content (AvgIpc) is 2.64. The van der Waals surface area contributed by atoms with Crippen molar-refractivity contribution in [1.82, 2.24) is 5.32 Å². The van der Waals surface area contributed by atoms with Crippen molar-refractivity contribution in [3.8, 4) is 0 Å². The van der Waals surface area contributed by atoms with E-state index in [1.165, 1.54) is 32.1 Å². The van der Waals surface area contributed by atoms with Crippen LogP contribution in [-0.4, -0.2) is 25.2 Å². The van der Waals surface area contributed by atoms with E-state index in [9.17, 15) is 9.59 Å². The summed E-state index contributed by atoms with van der Waals surface area (Å²) in [7, 11) is 0. The summed E-state index contributed by atoms with van der Waals surface area (Å²) in [6, 6.07) is 9.39. The molecular weight excluding hydrogens is 330 g/mol. The van der Waals surface area contributed by atoms with E-state index < -0.39 is 12.2 Å². The second kappa shape index (κ2) is 10.8. The minimum Gasteiger partial charge on any atom is -0.454 e. The summed E-state index contributed by atoms with van der Waals surface area (Å²) in [6.45, 7) is 4.61. The van der Waals surface area contributed by atoms with E-state index in [0.29, 0.717) is 18.9 Å². The fourth-order valence-corrected chi connectivity index (χ4v) is 3.23. The fraction of sp³-hybridized carbons (Fsp3) is 0.619. The predicted molar refractivity (Wildman–Crippen MR) is 101 cm³/mol. The molecule has 0 bridgehead atoms. The van der Waals surface area contributed by atoms with Crippen molar-refractivity contribution in [3.05, 3.63) is 35.9 Å². The van der Waals surface area contributed by atoms with E-state index in [1.807, 2.05) is 44.2 Å². The van der Waals surface area contributed by atoms with E-state index >= 15 is 0 Å². The number of rotatable bonds is 8. The van der Waals surface area contributed by atoms with Gasteiger partial charge in [-0.3, -0.25) is 4.79 Å². The Kier molecular flexibility index (Phi) is 8.45. The summed E-state index contributed by atoms with van der Waals surface area (Å²) in [6.07, 6.45) is 5.42. The van der Waals surface area contributed by atoms with Crippen molar-refractivity contribution in [2.24, 2.45) is 11.8 Å². The lowest BCUT2D eigenvalue weighted by atomic mass is 9.89. The predicted octanol–water partition coefficient (Wildman–Crippen LogP) is 4.62. The van der Waals surface area contributed by atoms with Gasteiger partial charge in [-0.05, 0) is 30.2 Å². The molecule has 0 spiro atoms. The highest BCUT2D eigenvalue weighted by atomic mass is 16.6. The maximum absolute atomic E-state index is 12.0. The molecule has 5 nitrogen and oxygen atoms in total. The van der Waals surface area contributed by atoms with Gasteiger partial charge in [-0.1, -0.05) is 63.4 Å². The Morgan fingerprint density at radius 3 is 2.46 bits per heavy atom. The molecule has 0 aliphatic heterocycles. The van der Waals surface area contributed by atoms with Crippen LogP contribution in [0.15, 0.2) is 30.3 Å². The molecule has 1 aliphatic carbocycles. The van der Waals surface area contributed by atoms with Crippen LogP contribution in [0.2, 0.25) is 0 Å². The van der Waals surface area contributed by atoms with E-state index in [2.05, 4.69) is 5.32 Å². The molecule has 1 N–H and O–H groups in total. The Bertz CT molecular complexity index is 552. The summed E-state index contributed by atoms with van der Waals surface area (Å²) in [4.78, 5) is 24.0. The summed E-state index contributed by atoms with van der Waals surface area (Å²) < 4.78 is 10.9. The minimum absolute atomic E-state index is 0.0182. The zero-order chi connectivity index (χ0) is 18.8. The lowest BCUT2D eigenvalue weighted by Gasteiger charge is -2.22. The normalized spacial score (nSPS) is 16.1. The van der Waals surface area contributed by atoms with Gasteiger partial charge in [0.25, 0.3) is 0 Å². The lowest BCUT2D eigenvalue weighted by Crippen LogP contribution is -2.32. The van der Waals surface area contributed by atoms with Gasteiger partial charge in [-0.25, -0.2) is 4.79 Å². The van der Waals surface area contributed by atoms with E-state index in [4.69, 9.17) is 9.47 Å². The first-order valence-corrected chi connectivity index (χ1v) is 9.69. The molecule has 1 fully saturated rings. The van der Waals surface area contributed by atoms with Crippen LogP contribution in [0.4, 0.5) is 4.79 Å². The third-order valence-corrected chi connectivity index (χ3v) is 4.65. The van der Waals surface area contributed by atoms with Crippen LogP contribution in [0.1, 0.15) is 64.0 Å². The standard InChI is InChI=1S/C21H31NO4/c1-16(2)13-20(23)26-19(18-11-7-4-8-12-18)15-25-21(24)22-14-17-9-5-3-6-10-17/h4,7-8,11-12,16-17,19H,3,5-6,9-10,13-15H2,1-2H3,(H,22,24). The first-order chi connectivity index (χ1) is 12.5. The number of ether oxygens (including phenoxy) is 2. The Hall–Kier alpha value is -2.04. The number of carbonyl (C=O) groups excluding carboxylic acids is 2. The Morgan fingerprint density at radius 1 is 1.12 bits per heavy atom. The Balaban J connectivity index is 1.83. The molecule has 1 amide bonds.